The highest BCUT2D eigenvalue weighted by Gasteiger charge is 2.27. The Kier molecular flexibility index (Phi) is 7.40. The zero-order valence-electron chi connectivity index (χ0n) is 17.3. The molecule has 2 amide bonds. The Hall–Kier alpha value is -2.68. The number of likely N-dealkylation sites (N-methyl/N-ethyl adjacent to an activating group) is 1. The van der Waals surface area contributed by atoms with Crippen molar-refractivity contribution in [3.63, 3.8) is 0 Å². The molecular weight excluding hydrogens is 368 g/mol. The number of urea groups is 1. The van der Waals surface area contributed by atoms with Gasteiger partial charge in [-0.05, 0) is 49.5 Å². The second-order valence-electron chi connectivity index (χ2n) is 7.44. The van der Waals surface area contributed by atoms with Crippen LogP contribution >= 0.6 is 0 Å². The molecule has 1 aromatic carbocycles. The predicted molar refractivity (Wildman–Crippen MR) is 112 cm³/mol. The lowest BCUT2D eigenvalue weighted by atomic mass is 10.1. The first-order chi connectivity index (χ1) is 14.0. The van der Waals surface area contributed by atoms with E-state index < -0.39 is 0 Å². The third-order valence-electron chi connectivity index (χ3n) is 4.92. The van der Waals surface area contributed by atoms with Crippen LogP contribution in [0.1, 0.15) is 23.6 Å². The fourth-order valence-electron chi connectivity index (χ4n) is 3.27. The third kappa shape index (κ3) is 6.15. The molecule has 0 bridgehead atoms. The van der Waals surface area contributed by atoms with Gasteiger partial charge in [0.1, 0.15) is 5.75 Å². The molecule has 156 valence electrons. The standard InChI is InChI=1S/C21H30N6O2/c1-26(2)11-12-27(15-16-5-4-6-18(13-16)29-3)21(28)23-20-14-19(24-25-20)17-7-9-22-10-8-17/h4-10,13,19-20,24-25H,11-12,14-15H2,1-3H3,(H,23,28). The molecule has 0 saturated carbocycles. The van der Waals surface area contributed by atoms with Crippen molar-refractivity contribution in [1.29, 1.82) is 0 Å². The fraction of sp³-hybridized carbons (Fsp3) is 0.429. The number of carbonyl (C=O) groups excluding carboxylic acids is 1. The Bertz CT molecular complexity index is 786. The topological polar surface area (TPSA) is 81.8 Å². The highest BCUT2D eigenvalue weighted by atomic mass is 16.5. The number of nitrogens with one attached hydrogen (secondary N) is 3. The van der Waals surface area contributed by atoms with Gasteiger partial charge in [0.2, 0.25) is 0 Å². The van der Waals surface area contributed by atoms with Gasteiger partial charge in [0, 0.05) is 44.5 Å². The van der Waals surface area contributed by atoms with Crippen molar-refractivity contribution in [2.24, 2.45) is 0 Å². The van der Waals surface area contributed by atoms with Crippen LogP contribution in [0, 0.1) is 0 Å². The molecule has 29 heavy (non-hydrogen) atoms. The Labute approximate surface area is 172 Å². The van der Waals surface area contributed by atoms with Crippen LogP contribution in [0.5, 0.6) is 5.75 Å². The van der Waals surface area contributed by atoms with Crippen LogP contribution in [-0.4, -0.2) is 61.3 Å². The van der Waals surface area contributed by atoms with Crippen molar-refractivity contribution >= 4 is 6.03 Å². The molecule has 1 fully saturated rings. The van der Waals surface area contributed by atoms with Crippen molar-refractivity contribution in [3.8, 4) is 5.75 Å². The van der Waals surface area contributed by atoms with Crippen LogP contribution in [0.2, 0.25) is 0 Å². The predicted octanol–water partition coefficient (Wildman–Crippen LogP) is 1.73. The monoisotopic (exact) mass is 398 g/mol. The Morgan fingerprint density at radius 2 is 2.00 bits per heavy atom. The van der Waals surface area contributed by atoms with Crippen molar-refractivity contribution in [2.75, 3.05) is 34.3 Å². The van der Waals surface area contributed by atoms with Gasteiger partial charge in [0.05, 0.1) is 13.3 Å². The summed E-state index contributed by atoms with van der Waals surface area (Å²) in [4.78, 5) is 21.0. The summed E-state index contributed by atoms with van der Waals surface area (Å²) >= 11 is 0. The number of rotatable bonds is 8. The number of methoxy groups -OCH3 is 1. The number of carbonyl (C=O) groups is 1. The first-order valence-corrected chi connectivity index (χ1v) is 9.79. The minimum absolute atomic E-state index is 0.0932. The summed E-state index contributed by atoms with van der Waals surface area (Å²) < 4.78 is 5.31. The lowest BCUT2D eigenvalue weighted by Gasteiger charge is -2.26. The number of nitrogens with zero attached hydrogens (tertiary/aromatic N) is 3. The molecule has 8 heteroatoms. The van der Waals surface area contributed by atoms with Crippen molar-refractivity contribution in [2.45, 2.75) is 25.2 Å². The number of aromatic nitrogens is 1. The summed E-state index contributed by atoms with van der Waals surface area (Å²) in [5.74, 6) is 0.789. The molecule has 3 N–H and O–H groups in total. The molecule has 8 nitrogen and oxygen atoms in total. The maximum Gasteiger partial charge on any atom is 0.319 e. The summed E-state index contributed by atoms with van der Waals surface area (Å²) in [7, 11) is 5.65. The molecule has 0 radical (unpaired) electrons. The average molecular weight is 399 g/mol. The van der Waals surface area contributed by atoms with E-state index in [0.29, 0.717) is 13.1 Å². The van der Waals surface area contributed by atoms with Crippen LogP contribution in [-0.2, 0) is 6.54 Å². The molecule has 1 aliphatic heterocycles. The first kappa shape index (κ1) is 21.0. The largest absolute Gasteiger partial charge is 0.497 e. The maximum absolute atomic E-state index is 13.0. The van der Waals surface area contributed by atoms with Gasteiger partial charge in [-0.15, -0.1) is 0 Å². The molecule has 1 saturated heterocycles. The number of benzene rings is 1. The molecule has 2 aromatic rings. The van der Waals surface area contributed by atoms with Crippen molar-refractivity contribution in [3.05, 3.63) is 59.9 Å². The summed E-state index contributed by atoms with van der Waals surface area (Å²) in [6.45, 7) is 1.93. The lowest BCUT2D eigenvalue weighted by molar-refractivity contribution is 0.183. The normalized spacial score (nSPS) is 18.6. The SMILES string of the molecule is COc1cccc(CN(CCN(C)C)C(=O)NC2CC(c3ccncc3)NN2)c1. The lowest BCUT2D eigenvalue weighted by Crippen LogP contribution is -2.50. The van der Waals surface area contributed by atoms with E-state index in [1.807, 2.05) is 55.4 Å². The molecule has 0 spiro atoms. The van der Waals surface area contributed by atoms with Crippen LogP contribution in [0.4, 0.5) is 4.79 Å². The Balaban J connectivity index is 1.61. The Morgan fingerprint density at radius 1 is 1.21 bits per heavy atom. The summed E-state index contributed by atoms with van der Waals surface area (Å²) in [6, 6.07) is 11.8. The van der Waals surface area contributed by atoms with E-state index in [4.69, 9.17) is 4.74 Å². The third-order valence-corrected chi connectivity index (χ3v) is 4.92. The molecule has 2 atom stereocenters. The Morgan fingerprint density at radius 3 is 2.72 bits per heavy atom. The molecule has 3 rings (SSSR count). The number of ether oxygens (including phenoxy) is 1. The summed E-state index contributed by atoms with van der Waals surface area (Å²) in [5.41, 5.74) is 8.60. The van der Waals surface area contributed by atoms with Gasteiger partial charge in [-0.3, -0.25) is 4.98 Å². The van der Waals surface area contributed by atoms with Crippen LogP contribution in [0.15, 0.2) is 48.8 Å². The number of hydrogen-bond donors (Lipinski definition) is 3. The smallest absolute Gasteiger partial charge is 0.319 e. The second-order valence-corrected chi connectivity index (χ2v) is 7.44. The molecule has 1 aliphatic rings. The van der Waals surface area contributed by atoms with Gasteiger partial charge in [-0.25, -0.2) is 15.6 Å². The summed E-state index contributed by atoms with van der Waals surface area (Å²) in [5, 5.41) is 3.10. The van der Waals surface area contributed by atoms with Gasteiger partial charge in [-0.2, -0.15) is 0 Å². The van der Waals surface area contributed by atoms with E-state index in [1.54, 1.807) is 19.5 Å². The van der Waals surface area contributed by atoms with E-state index in [1.165, 1.54) is 0 Å². The molecule has 2 heterocycles. The number of pyridine rings is 1. The van der Waals surface area contributed by atoms with Gasteiger partial charge in [0.15, 0.2) is 0 Å². The minimum atomic E-state index is -0.146. The average Bonchev–Trinajstić information content (AvgIpc) is 3.20. The number of hydrazine groups is 1. The van der Waals surface area contributed by atoms with E-state index in [9.17, 15) is 4.79 Å². The molecule has 1 aromatic heterocycles. The number of hydrogen-bond acceptors (Lipinski definition) is 6. The van der Waals surface area contributed by atoms with Crippen molar-refractivity contribution < 1.29 is 9.53 Å². The van der Waals surface area contributed by atoms with Gasteiger partial charge >= 0.3 is 6.03 Å². The molecular formula is C21H30N6O2. The summed E-state index contributed by atoms with van der Waals surface area (Å²) in [6.07, 6.45) is 4.17. The van der Waals surface area contributed by atoms with Crippen molar-refractivity contribution in [1.82, 2.24) is 31.0 Å². The van der Waals surface area contributed by atoms with Gasteiger partial charge in [-0.1, -0.05) is 12.1 Å². The van der Waals surface area contributed by atoms with E-state index in [0.717, 1.165) is 29.8 Å². The number of amides is 2. The van der Waals surface area contributed by atoms with Gasteiger partial charge in [0.25, 0.3) is 0 Å². The van der Waals surface area contributed by atoms with Gasteiger partial charge < -0.3 is 19.9 Å². The highest BCUT2D eigenvalue weighted by Crippen LogP contribution is 2.20. The zero-order valence-corrected chi connectivity index (χ0v) is 17.3. The zero-order chi connectivity index (χ0) is 20.6. The highest BCUT2D eigenvalue weighted by molar-refractivity contribution is 5.74. The van der Waals surface area contributed by atoms with Crippen LogP contribution in [0.25, 0.3) is 0 Å². The van der Waals surface area contributed by atoms with E-state index in [-0.39, 0.29) is 18.2 Å². The molecule has 0 aliphatic carbocycles. The van der Waals surface area contributed by atoms with E-state index in [2.05, 4.69) is 26.1 Å². The van der Waals surface area contributed by atoms with Crippen LogP contribution < -0.4 is 20.9 Å². The first-order valence-electron chi connectivity index (χ1n) is 9.79. The quantitative estimate of drug-likeness (QED) is 0.628. The minimum Gasteiger partial charge on any atom is -0.497 e. The molecule has 2 unspecified atom stereocenters. The van der Waals surface area contributed by atoms with E-state index >= 15 is 0 Å². The maximum atomic E-state index is 13.0. The fourth-order valence-corrected chi connectivity index (χ4v) is 3.27. The van der Waals surface area contributed by atoms with Crippen LogP contribution in [0.3, 0.4) is 0 Å². The second kappa shape index (κ2) is 10.2.